The van der Waals surface area contributed by atoms with E-state index in [-0.39, 0.29) is 29.6 Å². The lowest BCUT2D eigenvalue weighted by Gasteiger charge is -2.34. The second-order valence-corrected chi connectivity index (χ2v) is 8.19. The molecule has 2 fully saturated rings. The molecule has 0 bridgehead atoms. The third kappa shape index (κ3) is 4.71. The molecule has 0 spiro atoms. The molecule has 0 radical (unpaired) electrons. The number of nitrogens with one attached hydrogen (secondary N) is 1. The Morgan fingerprint density at radius 2 is 1.86 bits per heavy atom. The summed E-state index contributed by atoms with van der Waals surface area (Å²) in [6.07, 6.45) is 10.2. The summed E-state index contributed by atoms with van der Waals surface area (Å²) >= 11 is 0. The molecule has 7 nitrogen and oxygen atoms in total. The van der Waals surface area contributed by atoms with Crippen molar-refractivity contribution < 1.29 is 18.8 Å². The Hall–Kier alpha value is -2.57. The molecule has 1 N–H and O–H groups in total. The number of carbonyl (C=O) groups is 3. The van der Waals surface area contributed by atoms with Crippen molar-refractivity contribution in [2.45, 2.75) is 38.5 Å². The van der Waals surface area contributed by atoms with Crippen LogP contribution in [0.15, 0.2) is 34.5 Å². The zero-order valence-electron chi connectivity index (χ0n) is 16.8. The normalized spacial score (nSPS) is 24.1. The maximum Gasteiger partial charge on any atom is 0.289 e. The van der Waals surface area contributed by atoms with Gasteiger partial charge in [-0.15, -0.1) is 0 Å². The molecular weight excluding hydrogens is 370 g/mol. The standard InChI is InChI=1S/C22H29N3O4/c26-20(23-9-8-16-5-2-1-3-6-16)17-15-18(17)21(27)24-10-12-25(13-11-24)22(28)19-7-4-14-29-19/h4-5,7,14,17-18H,1-3,6,8-13,15H2,(H,23,26). The molecule has 1 aliphatic heterocycles. The Kier molecular flexibility index (Phi) is 6.02. The third-order valence-corrected chi connectivity index (χ3v) is 6.19. The number of carbonyl (C=O) groups excluding carboxylic acids is 3. The highest BCUT2D eigenvalue weighted by atomic mass is 16.3. The Bertz CT molecular complexity index is 778. The van der Waals surface area contributed by atoms with E-state index >= 15 is 0 Å². The van der Waals surface area contributed by atoms with E-state index in [4.69, 9.17) is 4.42 Å². The molecule has 4 rings (SSSR count). The number of hydrogen-bond acceptors (Lipinski definition) is 4. The smallest absolute Gasteiger partial charge is 0.289 e. The first kappa shape index (κ1) is 19.7. The van der Waals surface area contributed by atoms with Crippen LogP contribution in [0.3, 0.4) is 0 Å². The zero-order valence-corrected chi connectivity index (χ0v) is 16.8. The number of rotatable bonds is 6. The fraction of sp³-hybridized carbons (Fsp3) is 0.591. The molecule has 2 aliphatic carbocycles. The summed E-state index contributed by atoms with van der Waals surface area (Å²) in [7, 11) is 0. The van der Waals surface area contributed by atoms with E-state index in [0.717, 1.165) is 19.3 Å². The summed E-state index contributed by atoms with van der Waals surface area (Å²) in [5, 5.41) is 3.00. The van der Waals surface area contributed by atoms with Crippen molar-refractivity contribution in [1.82, 2.24) is 15.1 Å². The van der Waals surface area contributed by atoms with Crippen molar-refractivity contribution >= 4 is 17.7 Å². The van der Waals surface area contributed by atoms with Gasteiger partial charge < -0.3 is 19.5 Å². The average molecular weight is 399 g/mol. The molecule has 1 saturated carbocycles. The summed E-state index contributed by atoms with van der Waals surface area (Å²) in [5.74, 6) is -0.148. The van der Waals surface area contributed by atoms with E-state index in [9.17, 15) is 14.4 Å². The van der Waals surface area contributed by atoms with Crippen LogP contribution in [-0.2, 0) is 9.59 Å². The van der Waals surface area contributed by atoms with Crippen LogP contribution in [0.4, 0.5) is 0 Å². The number of allylic oxidation sites excluding steroid dienone is 1. The highest BCUT2D eigenvalue weighted by Crippen LogP contribution is 2.40. The largest absolute Gasteiger partial charge is 0.459 e. The monoisotopic (exact) mass is 399 g/mol. The maximum atomic E-state index is 12.7. The molecule has 0 aromatic carbocycles. The number of amides is 3. The highest BCUT2D eigenvalue weighted by molar-refractivity contribution is 5.93. The predicted molar refractivity (Wildman–Crippen MR) is 107 cm³/mol. The van der Waals surface area contributed by atoms with Gasteiger partial charge in [0.2, 0.25) is 11.8 Å². The van der Waals surface area contributed by atoms with Crippen LogP contribution in [0.2, 0.25) is 0 Å². The second-order valence-electron chi connectivity index (χ2n) is 8.19. The first-order valence-corrected chi connectivity index (χ1v) is 10.7. The topological polar surface area (TPSA) is 82.9 Å². The third-order valence-electron chi connectivity index (χ3n) is 6.19. The van der Waals surface area contributed by atoms with Gasteiger partial charge in [0.15, 0.2) is 5.76 Å². The first-order chi connectivity index (χ1) is 14.1. The van der Waals surface area contributed by atoms with Gasteiger partial charge in [-0.25, -0.2) is 0 Å². The van der Waals surface area contributed by atoms with Gasteiger partial charge in [0.1, 0.15) is 0 Å². The lowest BCUT2D eigenvalue weighted by Crippen LogP contribution is -2.51. The Morgan fingerprint density at radius 1 is 1.07 bits per heavy atom. The van der Waals surface area contributed by atoms with Crippen LogP contribution in [0, 0.1) is 11.8 Å². The van der Waals surface area contributed by atoms with Crippen molar-refractivity contribution in [3.05, 3.63) is 35.8 Å². The summed E-state index contributed by atoms with van der Waals surface area (Å²) in [6.45, 7) is 2.65. The van der Waals surface area contributed by atoms with Crippen molar-refractivity contribution in [2.24, 2.45) is 11.8 Å². The van der Waals surface area contributed by atoms with Gasteiger partial charge in [-0.1, -0.05) is 11.6 Å². The minimum absolute atomic E-state index is 0.00592. The van der Waals surface area contributed by atoms with E-state index in [2.05, 4.69) is 11.4 Å². The number of hydrogen-bond donors (Lipinski definition) is 1. The van der Waals surface area contributed by atoms with Crippen LogP contribution in [0.25, 0.3) is 0 Å². The lowest BCUT2D eigenvalue weighted by atomic mass is 9.97. The van der Waals surface area contributed by atoms with Gasteiger partial charge in [-0.3, -0.25) is 14.4 Å². The van der Waals surface area contributed by atoms with Crippen molar-refractivity contribution in [2.75, 3.05) is 32.7 Å². The van der Waals surface area contributed by atoms with E-state index in [0.29, 0.717) is 44.9 Å². The van der Waals surface area contributed by atoms with Crippen LogP contribution in [0.1, 0.15) is 49.1 Å². The Balaban J connectivity index is 1.18. The fourth-order valence-electron chi connectivity index (χ4n) is 4.29. The molecule has 3 amide bonds. The molecule has 2 atom stereocenters. The van der Waals surface area contributed by atoms with Crippen LogP contribution >= 0.6 is 0 Å². The molecule has 3 aliphatic rings. The van der Waals surface area contributed by atoms with Crippen LogP contribution in [-0.4, -0.2) is 60.2 Å². The molecule has 156 valence electrons. The minimum Gasteiger partial charge on any atom is -0.459 e. The van der Waals surface area contributed by atoms with Crippen molar-refractivity contribution in [3.8, 4) is 0 Å². The molecule has 1 aromatic heterocycles. The SMILES string of the molecule is O=C(NCCC1=CCCCC1)C1CC1C(=O)N1CCN(C(=O)c2ccco2)CC1. The minimum atomic E-state index is -0.198. The van der Waals surface area contributed by atoms with Gasteiger partial charge in [0, 0.05) is 32.7 Å². The molecule has 1 aromatic rings. The molecule has 29 heavy (non-hydrogen) atoms. The summed E-state index contributed by atoms with van der Waals surface area (Å²) in [5.41, 5.74) is 1.45. The average Bonchev–Trinajstić information content (AvgIpc) is 3.38. The van der Waals surface area contributed by atoms with Gasteiger partial charge in [0.25, 0.3) is 5.91 Å². The fourth-order valence-corrected chi connectivity index (χ4v) is 4.29. The first-order valence-electron chi connectivity index (χ1n) is 10.7. The van der Waals surface area contributed by atoms with Gasteiger partial charge in [-0.05, 0) is 50.7 Å². The van der Waals surface area contributed by atoms with Crippen molar-refractivity contribution in [1.29, 1.82) is 0 Å². The second kappa shape index (κ2) is 8.84. The van der Waals surface area contributed by atoms with E-state index < -0.39 is 0 Å². The molecule has 7 heteroatoms. The number of piperazine rings is 1. The predicted octanol–water partition coefficient (Wildman–Crippen LogP) is 2.21. The van der Waals surface area contributed by atoms with E-state index in [1.54, 1.807) is 21.9 Å². The summed E-state index contributed by atoms with van der Waals surface area (Å²) < 4.78 is 5.16. The molecular formula is C22H29N3O4. The van der Waals surface area contributed by atoms with E-state index in [1.807, 2.05) is 0 Å². The molecule has 1 saturated heterocycles. The molecule has 2 unspecified atom stereocenters. The van der Waals surface area contributed by atoms with E-state index in [1.165, 1.54) is 24.7 Å². The Labute approximate surface area is 171 Å². The van der Waals surface area contributed by atoms with Crippen molar-refractivity contribution in [3.63, 3.8) is 0 Å². The zero-order chi connectivity index (χ0) is 20.2. The maximum absolute atomic E-state index is 12.7. The quantitative estimate of drug-likeness (QED) is 0.744. The summed E-state index contributed by atoms with van der Waals surface area (Å²) in [4.78, 5) is 40.9. The Morgan fingerprint density at radius 3 is 2.55 bits per heavy atom. The lowest BCUT2D eigenvalue weighted by molar-refractivity contribution is -0.136. The van der Waals surface area contributed by atoms with Gasteiger partial charge >= 0.3 is 0 Å². The van der Waals surface area contributed by atoms with Gasteiger partial charge in [-0.2, -0.15) is 0 Å². The van der Waals surface area contributed by atoms with Crippen LogP contribution < -0.4 is 5.32 Å². The summed E-state index contributed by atoms with van der Waals surface area (Å²) in [6, 6.07) is 3.34. The number of furan rings is 1. The number of nitrogens with zero attached hydrogens (tertiary/aromatic N) is 2. The van der Waals surface area contributed by atoms with Gasteiger partial charge in [0.05, 0.1) is 18.1 Å². The highest BCUT2D eigenvalue weighted by Gasteiger charge is 2.49. The van der Waals surface area contributed by atoms with Crippen LogP contribution in [0.5, 0.6) is 0 Å². The molecule has 2 heterocycles.